The number of aliphatic imine (C=N–C) groups is 2. The number of nitrogens with two attached hydrogens (primary N) is 4. The topological polar surface area (TPSA) is 414 Å². The average Bonchev–Trinajstić information content (AvgIpc) is 3.16. The molecule has 0 aromatic carbocycles. The lowest BCUT2D eigenvalue weighted by Crippen LogP contribution is -2.66. The largest absolute Gasteiger partial charge is 0.394 e. The first-order chi connectivity index (χ1) is 20.7. The molecule has 19 N–H and O–H groups in total. The quantitative estimate of drug-likeness (QED) is 0.0610. The Bertz CT molecular complexity index is 1120. The van der Waals surface area contributed by atoms with Crippen LogP contribution in [0, 0.1) is 0 Å². The van der Waals surface area contributed by atoms with Crippen molar-refractivity contribution in [3.63, 3.8) is 0 Å². The smallest absolute Gasteiger partial charge is 0.394 e. The third-order valence-electron chi connectivity index (χ3n) is 7.49. The van der Waals surface area contributed by atoms with Crippen LogP contribution in [0.25, 0.3) is 0 Å². The van der Waals surface area contributed by atoms with Crippen molar-refractivity contribution in [1.82, 2.24) is 5.32 Å². The maximum absolute atomic E-state index is 11.3. The van der Waals surface area contributed by atoms with E-state index in [1.165, 1.54) is 14.0 Å². The zero-order valence-electron chi connectivity index (χ0n) is 24.0. The van der Waals surface area contributed by atoms with Gasteiger partial charge in [0.2, 0.25) is 0 Å². The third-order valence-corrected chi connectivity index (χ3v) is 7.49. The van der Waals surface area contributed by atoms with Gasteiger partial charge in [0.15, 0.2) is 24.5 Å². The predicted octanol–water partition coefficient (Wildman–Crippen LogP) is -9.02. The minimum Gasteiger partial charge on any atom is -0.394 e. The van der Waals surface area contributed by atoms with Gasteiger partial charge in [-0.05, 0) is 14.0 Å². The van der Waals surface area contributed by atoms with E-state index in [1.54, 1.807) is 0 Å². The summed E-state index contributed by atoms with van der Waals surface area (Å²) < 4.78 is 54.8. The molecule has 0 aromatic rings. The zero-order chi connectivity index (χ0) is 34.6. The number of aliphatic hydroxyl groups is 8. The molecule has 15 atom stereocenters. The van der Waals surface area contributed by atoms with Gasteiger partial charge in [0, 0.05) is 0 Å². The highest BCUT2D eigenvalue weighted by atomic mass is 32.3. The van der Waals surface area contributed by atoms with E-state index in [0.717, 1.165) is 0 Å². The Morgan fingerprint density at radius 3 is 1.84 bits per heavy atom. The SMILES string of the molecule is CN[C@@H]1[C@H](O[C@H]2C(O[C@H]3[C@H](O)[C@@H](O)[C@H](N=C(N)N)[C@@H](O)[C@@H]3N=C(N)N)O[C@@H](C)[C@]2(O)CO)O[C@@H](CO)[C@H](O)[C@H]1O.O=S(=O)(O)O. The molecular weight excluding hydrogens is 638 g/mol. The number of nitrogens with zero attached hydrogens (tertiary/aromatic N) is 2. The number of rotatable bonds is 9. The highest BCUT2D eigenvalue weighted by Crippen LogP contribution is 2.39. The summed E-state index contributed by atoms with van der Waals surface area (Å²) in [7, 11) is -3.23. The van der Waals surface area contributed by atoms with E-state index < -0.39 is 127 Å². The number of likely N-dealkylation sites (N-methyl/N-ethyl adjacent to an activating group) is 1. The molecule has 1 unspecified atom stereocenters. The molecule has 2 heterocycles. The van der Waals surface area contributed by atoms with Gasteiger partial charge < -0.3 is 88.1 Å². The summed E-state index contributed by atoms with van der Waals surface area (Å²) in [4.78, 5) is 7.66. The molecule has 2 saturated heterocycles. The molecule has 2 aliphatic heterocycles. The summed E-state index contributed by atoms with van der Waals surface area (Å²) in [5, 5.41) is 87.0. The van der Waals surface area contributed by atoms with Crippen LogP contribution in [0.15, 0.2) is 9.98 Å². The standard InChI is InChI=1S/C21H41N7O12.H2O4S/c1-5-21(36,4-30)16(40-17-9(26-2)13(34)10(31)6(3-29)38-17)18(37-5)39-15-8(28-20(24)25)11(32)7(27-19(22)23)12(33)14(15)35;1-5(2,3)4/h5-18,26,29-36H,3-4H2,1-2H3,(H4,22,23,27)(H4,24,25,28);(H2,1,2,3,4)/t5-,6-,7+,8-,9-,10-,11+,12-,13-,14+,15+,16-,17-,18?,21+;/m0./s1. The van der Waals surface area contributed by atoms with Crippen LogP contribution < -0.4 is 28.3 Å². The number of ether oxygens (including phenoxy) is 4. The molecule has 0 aromatic heterocycles. The van der Waals surface area contributed by atoms with Gasteiger partial charge in [0.25, 0.3) is 0 Å². The van der Waals surface area contributed by atoms with Crippen LogP contribution in [0.5, 0.6) is 0 Å². The van der Waals surface area contributed by atoms with Gasteiger partial charge in [0.05, 0.1) is 25.4 Å². The lowest BCUT2D eigenvalue weighted by Gasteiger charge is -2.45. The number of hydrogen-bond acceptors (Lipinski definition) is 17. The molecule has 3 aliphatic rings. The fourth-order valence-corrected chi connectivity index (χ4v) is 5.17. The van der Waals surface area contributed by atoms with Gasteiger partial charge >= 0.3 is 10.4 Å². The lowest BCUT2D eigenvalue weighted by atomic mass is 9.81. The van der Waals surface area contributed by atoms with E-state index >= 15 is 0 Å². The Kier molecular flexibility index (Phi) is 13.6. The Morgan fingerprint density at radius 2 is 1.38 bits per heavy atom. The van der Waals surface area contributed by atoms with E-state index in [4.69, 9.17) is 59.4 Å². The molecule has 23 nitrogen and oxygen atoms in total. The summed E-state index contributed by atoms with van der Waals surface area (Å²) in [5.74, 6) is -1.01. The van der Waals surface area contributed by atoms with Crippen LogP contribution in [0.4, 0.5) is 0 Å². The van der Waals surface area contributed by atoms with Crippen molar-refractivity contribution in [2.24, 2.45) is 32.9 Å². The van der Waals surface area contributed by atoms with Crippen LogP contribution >= 0.6 is 0 Å². The first-order valence-electron chi connectivity index (χ1n) is 13.2. The van der Waals surface area contributed by atoms with Crippen molar-refractivity contribution in [3.8, 4) is 0 Å². The average molecular weight is 682 g/mol. The molecule has 0 spiro atoms. The highest BCUT2D eigenvalue weighted by molar-refractivity contribution is 7.79. The van der Waals surface area contributed by atoms with Crippen molar-refractivity contribution >= 4 is 22.3 Å². The van der Waals surface area contributed by atoms with Crippen LogP contribution in [0.3, 0.4) is 0 Å². The molecule has 1 aliphatic carbocycles. The fourth-order valence-electron chi connectivity index (χ4n) is 5.17. The molecule has 3 fully saturated rings. The van der Waals surface area contributed by atoms with E-state index in [-0.39, 0.29) is 0 Å². The van der Waals surface area contributed by atoms with Gasteiger partial charge in [-0.25, -0.2) is 9.98 Å². The van der Waals surface area contributed by atoms with Crippen molar-refractivity contribution in [2.45, 2.75) is 98.2 Å². The molecule has 264 valence electrons. The lowest BCUT2D eigenvalue weighted by molar-refractivity contribution is -0.317. The maximum Gasteiger partial charge on any atom is 0.394 e. The number of hydrogen-bond donors (Lipinski definition) is 15. The van der Waals surface area contributed by atoms with Gasteiger partial charge in [-0.3, -0.25) is 9.11 Å². The van der Waals surface area contributed by atoms with Gasteiger partial charge in [-0.2, -0.15) is 8.42 Å². The number of guanidine groups is 2. The van der Waals surface area contributed by atoms with Crippen molar-refractivity contribution in [2.75, 3.05) is 20.3 Å². The van der Waals surface area contributed by atoms with E-state index in [0.29, 0.717) is 0 Å². The molecular formula is C21H43N7O16S. The summed E-state index contributed by atoms with van der Waals surface area (Å²) in [6.45, 7) is -0.199. The second kappa shape index (κ2) is 15.7. The highest BCUT2D eigenvalue weighted by Gasteiger charge is 2.60. The van der Waals surface area contributed by atoms with Crippen molar-refractivity contribution < 1.29 is 77.3 Å². The third kappa shape index (κ3) is 9.25. The van der Waals surface area contributed by atoms with Gasteiger partial charge in [0.1, 0.15) is 66.5 Å². The Balaban J connectivity index is 0.00000130. The summed E-state index contributed by atoms with van der Waals surface area (Å²) in [6, 6.07) is -4.00. The van der Waals surface area contributed by atoms with Crippen LogP contribution in [0.1, 0.15) is 6.92 Å². The molecule has 0 radical (unpaired) electrons. The van der Waals surface area contributed by atoms with Gasteiger partial charge in [-0.15, -0.1) is 0 Å². The number of nitrogens with one attached hydrogen (secondary N) is 1. The summed E-state index contributed by atoms with van der Waals surface area (Å²) in [6.07, 6.45) is -16.9. The summed E-state index contributed by atoms with van der Waals surface area (Å²) >= 11 is 0. The minimum absolute atomic E-state index is 0.493. The first-order valence-corrected chi connectivity index (χ1v) is 14.6. The zero-order valence-corrected chi connectivity index (χ0v) is 24.8. The minimum atomic E-state index is -4.67. The first kappa shape index (κ1) is 39.1. The second-order valence-corrected chi connectivity index (χ2v) is 11.4. The van der Waals surface area contributed by atoms with E-state index in [9.17, 15) is 40.9 Å². The Morgan fingerprint density at radius 1 is 0.844 bits per heavy atom. The van der Waals surface area contributed by atoms with Crippen molar-refractivity contribution in [1.29, 1.82) is 0 Å². The molecule has 24 heteroatoms. The fraction of sp³-hybridized carbons (Fsp3) is 0.905. The number of aliphatic hydroxyl groups excluding tert-OH is 7. The molecule has 0 amide bonds. The van der Waals surface area contributed by atoms with E-state index in [2.05, 4.69) is 15.3 Å². The van der Waals surface area contributed by atoms with Crippen LogP contribution in [-0.2, 0) is 29.3 Å². The Labute approximate surface area is 256 Å². The molecule has 45 heavy (non-hydrogen) atoms. The maximum atomic E-state index is 11.3. The van der Waals surface area contributed by atoms with Crippen molar-refractivity contribution in [3.05, 3.63) is 0 Å². The normalized spacial score (nSPS) is 43.6. The molecule has 3 rings (SSSR count). The van der Waals surface area contributed by atoms with Crippen LogP contribution in [-0.4, -0.2) is 182 Å². The Hall–Kier alpha value is -2.11. The molecule has 0 bridgehead atoms. The second-order valence-electron chi connectivity index (χ2n) is 10.5. The van der Waals surface area contributed by atoms with Crippen LogP contribution in [0.2, 0.25) is 0 Å². The molecule has 1 saturated carbocycles. The summed E-state index contributed by atoms with van der Waals surface area (Å²) in [5.41, 5.74) is 19.7. The predicted molar refractivity (Wildman–Crippen MR) is 148 cm³/mol. The van der Waals surface area contributed by atoms with Gasteiger partial charge in [-0.1, -0.05) is 0 Å². The monoisotopic (exact) mass is 681 g/mol. The van der Waals surface area contributed by atoms with E-state index in [1.807, 2.05) is 0 Å².